The van der Waals surface area contributed by atoms with Crippen LogP contribution in [0.1, 0.15) is 27.9 Å². The van der Waals surface area contributed by atoms with Gasteiger partial charge in [-0.2, -0.15) is 4.73 Å². The summed E-state index contributed by atoms with van der Waals surface area (Å²) in [5.41, 5.74) is 0.561. The van der Waals surface area contributed by atoms with Crippen LogP contribution in [0.15, 0.2) is 66.2 Å². The molecule has 3 aromatic heterocycles. The zero-order valence-corrected chi connectivity index (χ0v) is 18.1. The molecule has 0 aliphatic carbocycles. The number of amides is 1. The van der Waals surface area contributed by atoms with Gasteiger partial charge < -0.3 is 9.77 Å². The molecule has 4 rings (SSSR count). The maximum Gasteiger partial charge on any atom is 0.318 e. The third-order valence-electron chi connectivity index (χ3n) is 4.86. The van der Waals surface area contributed by atoms with Crippen LogP contribution in [0.2, 0.25) is 10.0 Å². The number of carbonyl (C=O) groups excluding carboxylic acids is 2. The van der Waals surface area contributed by atoms with E-state index in [4.69, 9.17) is 23.2 Å². The predicted octanol–water partition coefficient (Wildman–Crippen LogP) is 4.68. The summed E-state index contributed by atoms with van der Waals surface area (Å²) in [4.78, 5) is 33.5. The summed E-state index contributed by atoms with van der Waals surface area (Å²) in [5, 5.41) is 9.34. The average Bonchev–Trinajstić information content (AvgIpc) is 3.14. The van der Waals surface area contributed by atoms with Gasteiger partial charge in [-0.3, -0.25) is 9.59 Å². The van der Waals surface area contributed by atoms with Crippen LogP contribution in [0.5, 0.6) is 0 Å². The number of nitrogens with zero attached hydrogens (tertiary/aromatic N) is 4. The highest BCUT2D eigenvalue weighted by atomic mass is 35.5. The third kappa shape index (κ3) is 4.50. The van der Waals surface area contributed by atoms with E-state index in [9.17, 15) is 23.6 Å². The minimum atomic E-state index is -2.67. The fourth-order valence-electron chi connectivity index (χ4n) is 3.38. The van der Waals surface area contributed by atoms with Crippen LogP contribution in [0.3, 0.4) is 0 Å². The lowest BCUT2D eigenvalue weighted by atomic mass is 10.1. The van der Waals surface area contributed by atoms with Gasteiger partial charge in [-0.05, 0) is 17.7 Å². The van der Waals surface area contributed by atoms with Crippen molar-refractivity contribution >= 4 is 45.9 Å². The molecule has 0 saturated heterocycles. The van der Waals surface area contributed by atoms with E-state index in [0.29, 0.717) is 21.3 Å². The van der Waals surface area contributed by atoms with Gasteiger partial charge in [-0.25, -0.2) is 18.8 Å². The van der Waals surface area contributed by atoms with Gasteiger partial charge in [0.15, 0.2) is 0 Å². The number of benzene rings is 1. The standard InChI is InChI=1S/C22H14Cl2F2N4O3/c23-16-10-30(33)11-17(24)18(16)28-22(32)19(31)15-9-29(21-14(15)6-3-7-27-21)8-12-4-1-2-5-13(12)20(25)26/h1-7,9-11,20,33H,8H2. The molecule has 0 aliphatic heterocycles. The maximum absolute atomic E-state index is 13.4. The van der Waals surface area contributed by atoms with Gasteiger partial charge >= 0.3 is 5.91 Å². The molecule has 33 heavy (non-hydrogen) atoms. The van der Waals surface area contributed by atoms with Crippen molar-refractivity contribution in [3.05, 3.63) is 93.3 Å². The van der Waals surface area contributed by atoms with Crippen molar-refractivity contribution in [2.24, 2.45) is 4.99 Å². The molecule has 1 N–H and O–H groups in total. The Kier molecular flexibility index (Phi) is 6.26. The molecule has 7 nitrogen and oxygen atoms in total. The number of aromatic nitrogens is 3. The molecule has 0 unspecified atom stereocenters. The molecule has 168 valence electrons. The summed E-state index contributed by atoms with van der Waals surface area (Å²) in [6.07, 6.45) is 2.31. The second-order valence-corrected chi connectivity index (χ2v) is 7.79. The Labute approximate surface area is 195 Å². The Morgan fingerprint density at radius 2 is 1.76 bits per heavy atom. The summed E-state index contributed by atoms with van der Waals surface area (Å²) >= 11 is 11.9. The van der Waals surface area contributed by atoms with Crippen LogP contribution < -0.4 is 5.36 Å². The number of halogens is 4. The summed E-state index contributed by atoms with van der Waals surface area (Å²) in [6, 6.07) is 9.23. The normalized spacial score (nSPS) is 11.2. The van der Waals surface area contributed by atoms with E-state index in [0.717, 1.165) is 12.4 Å². The smallest absolute Gasteiger partial charge is 0.318 e. The molecule has 0 radical (unpaired) electrons. The largest absolute Gasteiger partial charge is 0.429 e. The zero-order chi connectivity index (χ0) is 23.7. The van der Waals surface area contributed by atoms with Crippen LogP contribution >= 0.6 is 23.2 Å². The molecule has 1 amide bonds. The first-order valence-electron chi connectivity index (χ1n) is 9.46. The molecule has 0 spiro atoms. The van der Waals surface area contributed by atoms with Crippen molar-refractivity contribution in [2.45, 2.75) is 13.0 Å². The molecule has 1 aromatic carbocycles. The van der Waals surface area contributed by atoms with Crippen molar-refractivity contribution in [3.63, 3.8) is 0 Å². The molecule has 0 aliphatic rings. The average molecular weight is 491 g/mol. The van der Waals surface area contributed by atoms with E-state index in [1.54, 1.807) is 24.3 Å². The Hall–Kier alpha value is -3.56. The Balaban J connectivity index is 1.76. The molecule has 0 atom stereocenters. The maximum atomic E-state index is 13.4. The number of Topliss-reactive ketones (excluding diaryl/α,β-unsaturated/α-hetero) is 1. The van der Waals surface area contributed by atoms with E-state index < -0.39 is 18.1 Å². The fraction of sp³-hybridized carbons (Fsp3) is 0.0909. The van der Waals surface area contributed by atoms with Gasteiger partial charge in [0.1, 0.15) is 11.0 Å². The van der Waals surface area contributed by atoms with E-state index in [1.807, 2.05) is 0 Å². The Bertz CT molecular complexity index is 1440. The topological polar surface area (TPSA) is 89.5 Å². The minimum Gasteiger partial charge on any atom is -0.429 e. The molecule has 0 bridgehead atoms. The molecule has 11 heteroatoms. The number of hydrogen-bond donors (Lipinski definition) is 1. The highest BCUT2D eigenvalue weighted by Crippen LogP contribution is 2.26. The van der Waals surface area contributed by atoms with Gasteiger partial charge in [0.2, 0.25) is 0 Å². The summed E-state index contributed by atoms with van der Waals surface area (Å²) in [7, 11) is 0. The molecule has 0 saturated carbocycles. The molecule has 3 heterocycles. The van der Waals surface area contributed by atoms with Gasteiger partial charge in [0.05, 0.1) is 28.0 Å². The van der Waals surface area contributed by atoms with Crippen LogP contribution in [0.25, 0.3) is 11.0 Å². The molecular formula is C22H14Cl2F2N4O3. The first kappa shape index (κ1) is 22.6. The third-order valence-corrected chi connectivity index (χ3v) is 5.41. The number of rotatable bonds is 5. The Morgan fingerprint density at radius 1 is 1.06 bits per heavy atom. The SMILES string of the molecule is O=C(N=c1c(Cl)cn(O)cc1Cl)C(=O)c1cn(Cc2ccccc2C(F)F)c2ncccc12. The molecule has 0 fully saturated rings. The summed E-state index contributed by atoms with van der Waals surface area (Å²) < 4.78 is 28.9. The summed E-state index contributed by atoms with van der Waals surface area (Å²) in [5.74, 6) is -2.10. The number of ketones is 1. The minimum absolute atomic E-state index is 0.00164. The van der Waals surface area contributed by atoms with Gasteiger partial charge in [-0.1, -0.05) is 47.5 Å². The van der Waals surface area contributed by atoms with Crippen LogP contribution in [0.4, 0.5) is 8.78 Å². The van der Waals surface area contributed by atoms with Crippen molar-refractivity contribution in [1.82, 2.24) is 14.3 Å². The van der Waals surface area contributed by atoms with Crippen LogP contribution in [0, 0.1) is 0 Å². The van der Waals surface area contributed by atoms with Gasteiger partial charge in [0.25, 0.3) is 12.2 Å². The first-order valence-corrected chi connectivity index (χ1v) is 10.2. The number of carbonyl (C=O) groups is 2. The molecule has 4 aromatic rings. The zero-order valence-electron chi connectivity index (χ0n) is 16.6. The quantitative estimate of drug-likeness (QED) is 0.250. The van der Waals surface area contributed by atoms with Crippen molar-refractivity contribution in [3.8, 4) is 0 Å². The number of hydrogen-bond acceptors (Lipinski definition) is 4. The number of alkyl halides is 2. The summed E-state index contributed by atoms with van der Waals surface area (Å²) in [6.45, 7) is 0.0134. The lowest BCUT2D eigenvalue weighted by molar-refractivity contribution is -0.114. The molecular weight excluding hydrogens is 477 g/mol. The van der Waals surface area contributed by atoms with Crippen LogP contribution in [-0.2, 0) is 11.3 Å². The lowest BCUT2D eigenvalue weighted by Crippen LogP contribution is -2.18. The van der Waals surface area contributed by atoms with Crippen molar-refractivity contribution < 1.29 is 23.6 Å². The number of fused-ring (bicyclic) bond motifs is 1. The van der Waals surface area contributed by atoms with Gasteiger partial charge in [0, 0.05) is 29.9 Å². The van der Waals surface area contributed by atoms with E-state index >= 15 is 0 Å². The highest BCUT2D eigenvalue weighted by molar-refractivity contribution is 6.45. The predicted molar refractivity (Wildman–Crippen MR) is 117 cm³/mol. The van der Waals surface area contributed by atoms with Crippen molar-refractivity contribution in [1.29, 1.82) is 0 Å². The second kappa shape index (κ2) is 9.13. The van der Waals surface area contributed by atoms with E-state index in [2.05, 4.69) is 9.98 Å². The monoisotopic (exact) mass is 490 g/mol. The van der Waals surface area contributed by atoms with E-state index in [1.165, 1.54) is 29.1 Å². The number of pyridine rings is 2. The Morgan fingerprint density at radius 3 is 2.45 bits per heavy atom. The highest BCUT2D eigenvalue weighted by Gasteiger charge is 2.23. The van der Waals surface area contributed by atoms with E-state index in [-0.39, 0.29) is 33.1 Å². The van der Waals surface area contributed by atoms with Crippen LogP contribution in [-0.4, -0.2) is 31.2 Å². The fourth-order valence-corrected chi connectivity index (χ4v) is 3.92. The second-order valence-electron chi connectivity index (χ2n) is 6.97. The first-order chi connectivity index (χ1) is 15.8. The van der Waals surface area contributed by atoms with Gasteiger partial charge in [-0.15, -0.1) is 0 Å². The lowest BCUT2D eigenvalue weighted by Gasteiger charge is -2.10. The van der Waals surface area contributed by atoms with Crippen molar-refractivity contribution in [2.75, 3.05) is 0 Å².